The molecule has 3 heterocycles. The van der Waals surface area contributed by atoms with Crippen molar-refractivity contribution in [1.29, 1.82) is 0 Å². The van der Waals surface area contributed by atoms with Crippen molar-refractivity contribution in [2.75, 3.05) is 0 Å². The Hall–Kier alpha value is -1.95. The molecule has 1 atom stereocenters. The molecule has 0 radical (unpaired) electrons. The van der Waals surface area contributed by atoms with E-state index in [4.69, 9.17) is 5.73 Å². The average molecular weight is 246 g/mol. The van der Waals surface area contributed by atoms with Gasteiger partial charge in [0.25, 0.3) is 5.91 Å². The SMILES string of the molecule is NC1=NC2C(Cc3ccsc3)=CN=C2C(=O)N1. The fourth-order valence-electron chi connectivity index (χ4n) is 1.92. The Balaban J connectivity index is 1.86. The van der Waals surface area contributed by atoms with Crippen LogP contribution in [0.15, 0.2) is 38.6 Å². The molecule has 0 saturated carbocycles. The molecule has 0 aliphatic carbocycles. The molecule has 6 heteroatoms. The van der Waals surface area contributed by atoms with Crippen molar-refractivity contribution >= 4 is 28.9 Å². The minimum atomic E-state index is -0.302. The Morgan fingerprint density at radius 1 is 1.53 bits per heavy atom. The van der Waals surface area contributed by atoms with Crippen LogP contribution in [0.3, 0.4) is 0 Å². The quantitative estimate of drug-likeness (QED) is 0.794. The Bertz CT molecular complexity index is 556. The zero-order valence-electron chi connectivity index (χ0n) is 8.88. The van der Waals surface area contributed by atoms with E-state index in [2.05, 4.69) is 26.7 Å². The molecule has 0 spiro atoms. The number of nitrogens with one attached hydrogen (secondary N) is 1. The molecule has 1 amide bonds. The Labute approximate surface area is 102 Å². The summed E-state index contributed by atoms with van der Waals surface area (Å²) in [7, 11) is 0. The molecule has 17 heavy (non-hydrogen) atoms. The third-order valence-electron chi connectivity index (χ3n) is 2.71. The van der Waals surface area contributed by atoms with Crippen molar-refractivity contribution in [1.82, 2.24) is 5.32 Å². The van der Waals surface area contributed by atoms with Gasteiger partial charge in [0.2, 0.25) is 0 Å². The number of amides is 1. The number of nitrogens with zero attached hydrogens (tertiary/aromatic N) is 2. The summed E-state index contributed by atoms with van der Waals surface area (Å²) in [4.78, 5) is 19.9. The van der Waals surface area contributed by atoms with Gasteiger partial charge in [-0.3, -0.25) is 15.1 Å². The van der Waals surface area contributed by atoms with Crippen molar-refractivity contribution in [3.8, 4) is 0 Å². The fourth-order valence-corrected chi connectivity index (χ4v) is 2.59. The maximum Gasteiger partial charge on any atom is 0.274 e. The van der Waals surface area contributed by atoms with E-state index in [1.807, 2.05) is 5.38 Å². The second-order valence-corrected chi connectivity index (χ2v) is 4.68. The summed E-state index contributed by atoms with van der Waals surface area (Å²) in [6.45, 7) is 0. The third kappa shape index (κ3) is 1.76. The molecule has 0 fully saturated rings. The van der Waals surface area contributed by atoms with E-state index in [0.717, 1.165) is 12.0 Å². The predicted molar refractivity (Wildman–Crippen MR) is 67.1 cm³/mol. The molecule has 2 aliphatic heterocycles. The first-order chi connectivity index (χ1) is 8.24. The summed E-state index contributed by atoms with van der Waals surface area (Å²) >= 11 is 1.65. The molecule has 0 bridgehead atoms. The molecule has 2 aliphatic rings. The minimum absolute atomic E-state index is 0.164. The summed E-state index contributed by atoms with van der Waals surface area (Å²) in [6.07, 6.45) is 2.48. The van der Waals surface area contributed by atoms with Crippen LogP contribution in [0, 0.1) is 0 Å². The van der Waals surface area contributed by atoms with Crippen LogP contribution in [0.4, 0.5) is 0 Å². The zero-order valence-corrected chi connectivity index (χ0v) is 9.70. The maximum absolute atomic E-state index is 11.6. The summed E-state index contributed by atoms with van der Waals surface area (Å²) in [5.74, 6) is -0.0869. The van der Waals surface area contributed by atoms with E-state index >= 15 is 0 Å². The van der Waals surface area contributed by atoms with Gasteiger partial charge in [-0.1, -0.05) is 0 Å². The van der Waals surface area contributed by atoms with Gasteiger partial charge in [-0.05, 0) is 34.4 Å². The minimum Gasteiger partial charge on any atom is -0.370 e. The number of thiophene rings is 1. The monoisotopic (exact) mass is 246 g/mol. The van der Waals surface area contributed by atoms with Gasteiger partial charge in [-0.2, -0.15) is 11.3 Å². The third-order valence-corrected chi connectivity index (χ3v) is 3.44. The average Bonchev–Trinajstić information content (AvgIpc) is 2.89. The van der Waals surface area contributed by atoms with Gasteiger partial charge in [0.05, 0.1) is 0 Å². The second kappa shape index (κ2) is 3.81. The van der Waals surface area contributed by atoms with Gasteiger partial charge >= 0.3 is 0 Å². The van der Waals surface area contributed by atoms with E-state index in [1.165, 1.54) is 5.56 Å². The smallest absolute Gasteiger partial charge is 0.274 e. The van der Waals surface area contributed by atoms with Gasteiger partial charge < -0.3 is 5.73 Å². The summed E-state index contributed by atoms with van der Waals surface area (Å²) in [5.41, 5.74) is 8.21. The number of nitrogens with two attached hydrogens (primary N) is 1. The lowest BCUT2D eigenvalue weighted by Gasteiger charge is -2.18. The van der Waals surface area contributed by atoms with E-state index in [0.29, 0.717) is 5.71 Å². The zero-order chi connectivity index (χ0) is 11.8. The lowest BCUT2D eigenvalue weighted by molar-refractivity contribution is -0.113. The van der Waals surface area contributed by atoms with Crippen molar-refractivity contribution in [2.24, 2.45) is 15.7 Å². The van der Waals surface area contributed by atoms with Crippen LogP contribution in [0.2, 0.25) is 0 Å². The number of rotatable bonds is 2. The first-order valence-electron chi connectivity index (χ1n) is 5.16. The molecule has 1 aromatic rings. The van der Waals surface area contributed by atoms with E-state index < -0.39 is 0 Å². The molecular weight excluding hydrogens is 236 g/mol. The summed E-state index contributed by atoms with van der Waals surface area (Å²) in [5, 5.41) is 6.56. The molecule has 1 unspecified atom stereocenters. The molecular formula is C11H10N4OS. The van der Waals surface area contributed by atoms with Crippen LogP contribution in [0.25, 0.3) is 0 Å². The van der Waals surface area contributed by atoms with Crippen LogP contribution in [0.1, 0.15) is 5.56 Å². The fraction of sp³-hybridized carbons (Fsp3) is 0.182. The molecule has 5 nitrogen and oxygen atoms in total. The number of hydrogen-bond acceptors (Lipinski definition) is 5. The number of guanidine groups is 1. The highest BCUT2D eigenvalue weighted by atomic mass is 32.1. The van der Waals surface area contributed by atoms with Gasteiger partial charge in [0, 0.05) is 6.20 Å². The normalized spacial score (nSPS) is 22.5. The van der Waals surface area contributed by atoms with Crippen LogP contribution in [0.5, 0.6) is 0 Å². The van der Waals surface area contributed by atoms with E-state index in [1.54, 1.807) is 17.5 Å². The van der Waals surface area contributed by atoms with E-state index in [9.17, 15) is 4.79 Å². The maximum atomic E-state index is 11.6. The van der Waals surface area contributed by atoms with Crippen LogP contribution in [-0.2, 0) is 11.2 Å². The molecule has 3 N–H and O–H groups in total. The van der Waals surface area contributed by atoms with Gasteiger partial charge in [-0.15, -0.1) is 0 Å². The summed E-state index contributed by atoms with van der Waals surface area (Å²) in [6, 6.07) is 1.75. The standard InChI is InChI=1S/C11H10N4OS/c12-11-14-8-7(3-6-1-2-17-5-6)4-13-9(8)10(16)15-11/h1-2,4-5,8H,3H2,(H3,12,14,15,16). The van der Waals surface area contributed by atoms with Crippen LogP contribution < -0.4 is 11.1 Å². The largest absolute Gasteiger partial charge is 0.370 e. The first kappa shape index (κ1) is 10.2. The van der Waals surface area contributed by atoms with Gasteiger partial charge in [0.1, 0.15) is 11.8 Å². The van der Waals surface area contributed by atoms with Crippen LogP contribution >= 0.6 is 11.3 Å². The van der Waals surface area contributed by atoms with Crippen molar-refractivity contribution in [3.05, 3.63) is 34.2 Å². The summed E-state index contributed by atoms with van der Waals surface area (Å²) < 4.78 is 0. The predicted octanol–water partition coefficient (Wildman–Crippen LogP) is 0.442. The highest BCUT2D eigenvalue weighted by Gasteiger charge is 2.33. The van der Waals surface area contributed by atoms with Crippen molar-refractivity contribution in [3.63, 3.8) is 0 Å². The second-order valence-electron chi connectivity index (χ2n) is 3.90. The Morgan fingerprint density at radius 2 is 2.41 bits per heavy atom. The lowest BCUT2D eigenvalue weighted by Crippen LogP contribution is -2.49. The van der Waals surface area contributed by atoms with Gasteiger partial charge in [-0.25, -0.2) is 4.99 Å². The van der Waals surface area contributed by atoms with E-state index in [-0.39, 0.29) is 17.9 Å². The molecule has 3 rings (SSSR count). The molecule has 86 valence electrons. The van der Waals surface area contributed by atoms with Gasteiger partial charge in [0.15, 0.2) is 5.96 Å². The number of hydrogen-bond donors (Lipinski definition) is 2. The number of fused-ring (bicyclic) bond motifs is 1. The number of aliphatic imine (C=N–C) groups is 2. The first-order valence-corrected chi connectivity index (χ1v) is 6.10. The van der Waals surface area contributed by atoms with Crippen molar-refractivity contribution in [2.45, 2.75) is 12.5 Å². The number of carbonyl (C=O) groups excluding carboxylic acids is 1. The Morgan fingerprint density at radius 3 is 3.18 bits per heavy atom. The molecule has 0 saturated heterocycles. The number of carbonyl (C=O) groups is 1. The van der Waals surface area contributed by atoms with Crippen molar-refractivity contribution < 1.29 is 4.79 Å². The molecule has 1 aromatic heterocycles. The lowest BCUT2D eigenvalue weighted by atomic mass is 9.99. The molecule has 0 aromatic carbocycles. The Kier molecular flexibility index (Phi) is 2.29. The highest BCUT2D eigenvalue weighted by molar-refractivity contribution is 7.07. The highest BCUT2D eigenvalue weighted by Crippen LogP contribution is 2.23. The topological polar surface area (TPSA) is 79.8 Å². The van der Waals surface area contributed by atoms with Crippen LogP contribution in [-0.4, -0.2) is 23.6 Å².